The second kappa shape index (κ2) is 3.69. The van der Waals surface area contributed by atoms with Crippen LogP contribution in [-0.2, 0) is 7.05 Å². The maximum Gasteiger partial charge on any atom is 0.273 e. The third-order valence-corrected chi connectivity index (χ3v) is 2.30. The number of carbonyl (C=O) groups excluding carboxylic acids is 1. The van der Waals surface area contributed by atoms with Crippen LogP contribution in [0.5, 0.6) is 5.75 Å². The molecule has 5 heteroatoms. The first-order valence-electron chi connectivity index (χ1n) is 4.72. The molecule has 0 aliphatic heterocycles. The van der Waals surface area contributed by atoms with E-state index < -0.39 is 5.91 Å². The molecule has 2 rings (SSSR count). The quantitative estimate of drug-likeness (QED) is 0.783. The van der Waals surface area contributed by atoms with Crippen molar-refractivity contribution in [3.63, 3.8) is 0 Å². The highest BCUT2D eigenvalue weighted by molar-refractivity contribution is 5.95. The zero-order valence-electron chi connectivity index (χ0n) is 8.71. The van der Waals surface area contributed by atoms with E-state index in [4.69, 9.17) is 5.73 Å². The standard InChI is InChI=1S/C11H11N3O2/c1-14-9(7-5-3-2-4-6-7)10(15)8(13-14)11(12)16/h2-6,15H,1H3,(H2,12,16). The van der Waals surface area contributed by atoms with E-state index in [0.29, 0.717) is 5.69 Å². The van der Waals surface area contributed by atoms with Crippen molar-refractivity contribution in [2.75, 3.05) is 0 Å². The van der Waals surface area contributed by atoms with Crippen molar-refractivity contribution in [3.05, 3.63) is 36.0 Å². The summed E-state index contributed by atoms with van der Waals surface area (Å²) in [6, 6.07) is 9.19. The van der Waals surface area contributed by atoms with Gasteiger partial charge in [0, 0.05) is 12.6 Å². The van der Waals surface area contributed by atoms with Crippen LogP contribution in [0, 0.1) is 0 Å². The summed E-state index contributed by atoms with van der Waals surface area (Å²) in [5.74, 6) is -0.920. The lowest BCUT2D eigenvalue weighted by Gasteiger charge is -2.01. The number of aryl methyl sites for hydroxylation is 1. The SMILES string of the molecule is Cn1nc(C(N)=O)c(O)c1-c1ccccc1. The number of hydrogen-bond acceptors (Lipinski definition) is 3. The van der Waals surface area contributed by atoms with Crippen molar-refractivity contribution >= 4 is 5.91 Å². The van der Waals surface area contributed by atoms with Gasteiger partial charge >= 0.3 is 0 Å². The molecule has 0 spiro atoms. The summed E-state index contributed by atoms with van der Waals surface area (Å²) in [5.41, 5.74) is 6.25. The van der Waals surface area contributed by atoms with Crippen LogP contribution in [0.4, 0.5) is 0 Å². The highest BCUT2D eigenvalue weighted by Gasteiger charge is 2.19. The third kappa shape index (κ3) is 1.52. The Balaban J connectivity index is 2.63. The molecule has 0 saturated heterocycles. The lowest BCUT2D eigenvalue weighted by atomic mass is 10.1. The van der Waals surface area contributed by atoms with Gasteiger partial charge < -0.3 is 10.8 Å². The molecule has 0 saturated carbocycles. The number of nitrogens with two attached hydrogens (primary N) is 1. The molecule has 5 nitrogen and oxygen atoms in total. The minimum atomic E-state index is -0.740. The Morgan fingerprint density at radius 1 is 1.38 bits per heavy atom. The van der Waals surface area contributed by atoms with Gasteiger partial charge in [0.2, 0.25) is 0 Å². The fourth-order valence-electron chi connectivity index (χ4n) is 1.60. The number of aromatic nitrogens is 2. The molecular weight excluding hydrogens is 206 g/mol. The number of carbonyl (C=O) groups is 1. The number of nitrogens with zero attached hydrogens (tertiary/aromatic N) is 2. The Bertz CT molecular complexity index is 532. The highest BCUT2D eigenvalue weighted by atomic mass is 16.3. The fraction of sp³-hybridized carbons (Fsp3) is 0.0909. The summed E-state index contributed by atoms with van der Waals surface area (Å²) in [7, 11) is 1.65. The van der Waals surface area contributed by atoms with Crippen LogP contribution in [0.25, 0.3) is 11.3 Å². The Kier molecular flexibility index (Phi) is 2.36. The van der Waals surface area contributed by atoms with E-state index in [1.807, 2.05) is 30.3 Å². The maximum atomic E-state index is 11.0. The van der Waals surface area contributed by atoms with E-state index >= 15 is 0 Å². The van der Waals surface area contributed by atoms with Crippen molar-refractivity contribution < 1.29 is 9.90 Å². The van der Waals surface area contributed by atoms with Crippen molar-refractivity contribution in [1.29, 1.82) is 0 Å². The third-order valence-electron chi connectivity index (χ3n) is 2.30. The number of benzene rings is 1. The van der Waals surface area contributed by atoms with Crippen LogP contribution in [0.3, 0.4) is 0 Å². The predicted octanol–water partition coefficient (Wildman–Crippen LogP) is 0.892. The van der Waals surface area contributed by atoms with Crippen LogP contribution in [0.2, 0.25) is 0 Å². The second-order valence-electron chi connectivity index (χ2n) is 3.40. The summed E-state index contributed by atoms with van der Waals surface area (Å²) in [6.07, 6.45) is 0. The van der Waals surface area contributed by atoms with Crippen molar-refractivity contribution in [2.24, 2.45) is 12.8 Å². The Morgan fingerprint density at radius 2 is 2.00 bits per heavy atom. The van der Waals surface area contributed by atoms with E-state index in [-0.39, 0.29) is 11.4 Å². The fourth-order valence-corrected chi connectivity index (χ4v) is 1.60. The molecule has 0 unspecified atom stereocenters. The van der Waals surface area contributed by atoms with Crippen LogP contribution >= 0.6 is 0 Å². The van der Waals surface area contributed by atoms with Gasteiger partial charge in [-0.1, -0.05) is 30.3 Å². The molecule has 1 aromatic heterocycles. The average Bonchev–Trinajstić information content (AvgIpc) is 2.56. The predicted molar refractivity (Wildman–Crippen MR) is 58.8 cm³/mol. The zero-order valence-corrected chi connectivity index (χ0v) is 8.71. The molecule has 0 radical (unpaired) electrons. The van der Waals surface area contributed by atoms with Gasteiger partial charge in [0.25, 0.3) is 5.91 Å². The highest BCUT2D eigenvalue weighted by Crippen LogP contribution is 2.31. The van der Waals surface area contributed by atoms with E-state index in [0.717, 1.165) is 5.56 Å². The molecule has 3 N–H and O–H groups in total. The zero-order chi connectivity index (χ0) is 11.7. The van der Waals surface area contributed by atoms with Gasteiger partial charge in [-0.15, -0.1) is 0 Å². The summed E-state index contributed by atoms with van der Waals surface area (Å²) in [6.45, 7) is 0. The van der Waals surface area contributed by atoms with Gasteiger partial charge in [-0.05, 0) is 0 Å². The summed E-state index contributed by atoms with van der Waals surface area (Å²) in [5, 5.41) is 13.7. The molecule has 0 aliphatic rings. The molecule has 1 heterocycles. The largest absolute Gasteiger partial charge is 0.504 e. The number of amides is 1. The van der Waals surface area contributed by atoms with Gasteiger partial charge in [0.15, 0.2) is 11.4 Å². The van der Waals surface area contributed by atoms with E-state index in [9.17, 15) is 9.90 Å². The number of primary amides is 1. The van der Waals surface area contributed by atoms with Crippen molar-refractivity contribution in [2.45, 2.75) is 0 Å². The van der Waals surface area contributed by atoms with Crippen molar-refractivity contribution in [1.82, 2.24) is 9.78 Å². The molecule has 1 aromatic carbocycles. The molecule has 2 aromatic rings. The van der Waals surface area contributed by atoms with Crippen LogP contribution in [-0.4, -0.2) is 20.8 Å². The number of rotatable bonds is 2. The average molecular weight is 217 g/mol. The smallest absolute Gasteiger partial charge is 0.273 e. The molecule has 82 valence electrons. The summed E-state index contributed by atoms with van der Waals surface area (Å²) < 4.78 is 1.44. The second-order valence-corrected chi connectivity index (χ2v) is 3.40. The van der Waals surface area contributed by atoms with Gasteiger partial charge in [-0.3, -0.25) is 9.48 Å². The van der Waals surface area contributed by atoms with Crippen LogP contribution in [0.1, 0.15) is 10.5 Å². The molecule has 0 atom stereocenters. The Morgan fingerprint density at radius 3 is 2.50 bits per heavy atom. The van der Waals surface area contributed by atoms with Gasteiger partial charge in [-0.25, -0.2) is 0 Å². The van der Waals surface area contributed by atoms with Gasteiger partial charge in [0.1, 0.15) is 5.69 Å². The van der Waals surface area contributed by atoms with E-state index in [1.54, 1.807) is 7.05 Å². The Hall–Kier alpha value is -2.30. The van der Waals surface area contributed by atoms with Crippen LogP contribution in [0.15, 0.2) is 30.3 Å². The molecular formula is C11H11N3O2. The Labute approximate surface area is 92.1 Å². The number of aromatic hydroxyl groups is 1. The minimum Gasteiger partial charge on any atom is -0.504 e. The maximum absolute atomic E-state index is 11.0. The molecule has 0 bridgehead atoms. The topological polar surface area (TPSA) is 81.1 Å². The van der Waals surface area contributed by atoms with Crippen LogP contribution < -0.4 is 5.73 Å². The molecule has 16 heavy (non-hydrogen) atoms. The number of hydrogen-bond donors (Lipinski definition) is 2. The lowest BCUT2D eigenvalue weighted by molar-refractivity contribution is 0.0992. The molecule has 1 amide bonds. The first kappa shape index (κ1) is 10.2. The summed E-state index contributed by atoms with van der Waals surface area (Å²) >= 11 is 0. The summed E-state index contributed by atoms with van der Waals surface area (Å²) in [4.78, 5) is 11.0. The molecule has 0 aliphatic carbocycles. The van der Waals surface area contributed by atoms with E-state index in [1.165, 1.54) is 4.68 Å². The van der Waals surface area contributed by atoms with Gasteiger partial charge in [-0.2, -0.15) is 5.10 Å². The normalized spacial score (nSPS) is 10.3. The van der Waals surface area contributed by atoms with Gasteiger partial charge in [0.05, 0.1) is 0 Å². The first-order chi connectivity index (χ1) is 7.61. The minimum absolute atomic E-state index is 0.110. The first-order valence-corrected chi connectivity index (χ1v) is 4.72. The monoisotopic (exact) mass is 217 g/mol. The molecule has 0 fully saturated rings. The van der Waals surface area contributed by atoms with Crippen molar-refractivity contribution in [3.8, 4) is 17.0 Å². The lowest BCUT2D eigenvalue weighted by Crippen LogP contribution is -2.12. The van der Waals surface area contributed by atoms with E-state index in [2.05, 4.69) is 5.10 Å².